The molecule has 6 heteroatoms. The fraction of sp³-hybridized carbons (Fsp3) is 0.375. The van der Waals surface area contributed by atoms with Gasteiger partial charge in [0.1, 0.15) is 11.6 Å². The number of aromatic nitrogens is 1. The van der Waals surface area contributed by atoms with Crippen molar-refractivity contribution in [3.05, 3.63) is 42.5 Å². The van der Waals surface area contributed by atoms with Gasteiger partial charge in [0, 0.05) is 20.1 Å². The van der Waals surface area contributed by atoms with E-state index in [9.17, 15) is 4.79 Å². The molecule has 0 radical (unpaired) electrons. The standard InChI is InChI=1S/C16H20N4O2/c1-19(12-14-5-4-10-22-14)16(21)18-13-6-7-15(17-11-13)20-8-2-3-9-20/h4-7,10-11H,2-3,8-9,12H2,1H3,(H,18,21). The fourth-order valence-electron chi connectivity index (χ4n) is 2.52. The molecule has 0 bridgehead atoms. The van der Waals surface area contributed by atoms with E-state index >= 15 is 0 Å². The number of amides is 2. The number of furan rings is 1. The molecule has 0 spiro atoms. The van der Waals surface area contributed by atoms with Crippen molar-refractivity contribution < 1.29 is 9.21 Å². The highest BCUT2D eigenvalue weighted by atomic mass is 16.3. The van der Waals surface area contributed by atoms with E-state index in [1.807, 2.05) is 24.3 Å². The molecule has 1 N–H and O–H groups in total. The van der Waals surface area contributed by atoms with E-state index in [1.165, 1.54) is 12.8 Å². The Morgan fingerprint density at radius 3 is 2.82 bits per heavy atom. The Kier molecular flexibility index (Phi) is 4.27. The van der Waals surface area contributed by atoms with Crippen LogP contribution in [0.4, 0.5) is 16.3 Å². The molecule has 1 saturated heterocycles. The van der Waals surface area contributed by atoms with Crippen molar-refractivity contribution in [3.8, 4) is 0 Å². The minimum Gasteiger partial charge on any atom is -0.467 e. The highest BCUT2D eigenvalue weighted by molar-refractivity contribution is 5.89. The molecule has 2 aromatic heterocycles. The first-order valence-corrected chi connectivity index (χ1v) is 7.48. The molecule has 6 nitrogen and oxygen atoms in total. The van der Waals surface area contributed by atoms with Crippen LogP contribution in [0.1, 0.15) is 18.6 Å². The van der Waals surface area contributed by atoms with Crippen molar-refractivity contribution in [2.24, 2.45) is 0 Å². The van der Waals surface area contributed by atoms with E-state index in [0.717, 1.165) is 24.7 Å². The van der Waals surface area contributed by atoms with Crippen LogP contribution in [0.15, 0.2) is 41.1 Å². The molecule has 2 amide bonds. The van der Waals surface area contributed by atoms with Crippen LogP contribution >= 0.6 is 0 Å². The summed E-state index contributed by atoms with van der Waals surface area (Å²) in [6.45, 7) is 2.55. The summed E-state index contributed by atoms with van der Waals surface area (Å²) in [5.41, 5.74) is 0.694. The topological polar surface area (TPSA) is 61.6 Å². The maximum atomic E-state index is 12.1. The van der Waals surface area contributed by atoms with Crippen LogP contribution in [0.5, 0.6) is 0 Å². The molecule has 1 aliphatic rings. The highest BCUT2D eigenvalue weighted by Crippen LogP contribution is 2.19. The second-order valence-electron chi connectivity index (χ2n) is 5.46. The largest absolute Gasteiger partial charge is 0.467 e. The van der Waals surface area contributed by atoms with Crippen LogP contribution in [0, 0.1) is 0 Å². The van der Waals surface area contributed by atoms with Crippen LogP contribution in [0.2, 0.25) is 0 Å². The van der Waals surface area contributed by atoms with Crippen LogP contribution in [0.25, 0.3) is 0 Å². The Hall–Kier alpha value is -2.50. The fourth-order valence-corrected chi connectivity index (χ4v) is 2.52. The van der Waals surface area contributed by atoms with Gasteiger partial charge in [-0.3, -0.25) is 0 Å². The first-order valence-electron chi connectivity index (χ1n) is 7.48. The predicted octanol–water partition coefficient (Wildman–Crippen LogP) is 2.94. The Morgan fingerprint density at radius 1 is 1.36 bits per heavy atom. The van der Waals surface area contributed by atoms with Gasteiger partial charge in [-0.15, -0.1) is 0 Å². The molecule has 3 rings (SSSR count). The zero-order chi connectivity index (χ0) is 15.4. The number of carbonyl (C=O) groups excluding carboxylic acids is 1. The molecule has 0 atom stereocenters. The second kappa shape index (κ2) is 6.51. The van der Waals surface area contributed by atoms with Gasteiger partial charge in [-0.05, 0) is 37.1 Å². The van der Waals surface area contributed by atoms with Crippen molar-refractivity contribution >= 4 is 17.5 Å². The van der Waals surface area contributed by atoms with Crippen molar-refractivity contribution in [2.45, 2.75) is 19.4 Å². The third-order valence-electron chi connectivity index (χ3n) is 3.75. The van der Waals surface area contributed by atoms with Crippen LogP contribution < -0.4 is 10.2 Å². The molecule has 3 heterocycles. The normalized spacial score (nSPS) is 14.1. The van der Waals surface area contributed by atoms with Gasteiger partial charge in [0.25, 0.3) is 0 Å². The van der Waals surface area contributed by atoms with Crippen molar-refractivity contribution in [2.75, 3.05) is 30.4 Å². The van der Waals surface area contributed by atoms with Gasteiger partial charge in [-0.1, -0.05) is 0 Å². The number of hydrogen-bond acceptors (Lipinski definition) is 4. The number of carbonyl (C=O) groups is 1. The molecule has 1 fully saturated rings. The SMILES string of the molecule is CN(Cc1ccco1)C(=O)Nc1ccc(N2CCCC2)nc1. The van der Waals surface area contributed by atoms with Gasteiger partial charge < -0.3 is 19.5 Å². The van der Waals surface area contributed by atoms with Gasteiger partial charge in [-0.25, -0.2) is 9.78 Å². The summed E-state index contributed by atoms with van der Waals surface area (Å²) in [5.74, 6) is 1.72. The summed E-state index contributed by atoms with van der Waals surface area (Å²) in [7, 11) is 1.73. The zero-order valence-corrected chi connectivity index (χ0v) is 12.7. The van der Waals surface area contributed by atoms with E-state index in [2.05, 4.69) is 15.2 Å². The Balaban J connectivity index is 1.56. The van der Waals surface area contributed by atoms with Crippen LogP contribution in [-0.4, -0.2) is 36.1 Å². The monoisotopic (exact) mass is 300 g/mol. The lowest BCUT2D eigenvalue weighted by atomic mass is 10.4. The molecule has 0 aromatic carbocycles. The minimum atomic E-state index is -0.188. The number of nitrogens with one attached hydrogen (secondary N) is 1. The Morgan fingerprint density at radius 2 is 2.18 bits per heavy atom. The third kappa shape index (κ3) is 3.39. The van der Waals surface area contributed by atoms with Crippen LogP contribution in [-0.2, 0) is 6.54 Å². The molecule has 0 unspecified atom stereocenters. The smallest absolute Gasteiger partial charge is 0.322 e. The predicted molar refractivity (Wildman–Crippen MR) is 84.9 cm³/mol. The van der Waals surface area contributed by atoms with E-state index in [-0.39, 0.29) is 6.03 Å². The van der Waals surface area contributed by atoms with Gasteiger partial charge in [0.05, 0.1) is 24.7 Å². The van der Waals surface area contributed by atoms with Gasteiger partial charge in [-0.2, -0.15) is 0 Å². The van der Waals surface area contributed by atoms with Gasteiger partial charge in [0.2, 0.25) is 0 Å². The average Bonchev–Trinajstić information content (AvgIpc) is 3.21. The van der Waals surface area contributed by atoms with E-state index in [4.69, 9.17) is 4.42 Å². The molecular weight excluding hydrogens is 280 g/mol. The highest BCUT2D eigenvalue weighted by Gasteiger charge is 2.14. The number of urea groups is 1. The second-order valence-corrected chi connectivity index (χ2v) is 5.46. The van der Waals surface area contributed by atoms with Gasteiger partial charge in [0.15, 0.2) is 0 Å². The molecule has 116 valence electrons. The lowest BCUT2D eigenvalue weighted by Gasteiger charge is -2.18. The number of nitrogens with zero attached hydrogens (tertiary/aromatic N) is 3. The molecule has 0 aliphatic carbocycles. The van der Waals surface area contributed by atoms with Crippen molar-refractivity contribution in [3.63, 3.8) is 0 Å². The number of rotatable bonds is 4. The summed E-state index contributed by atoms with van der Waals surface area (Å²) >= 11 is 0. The molecule has 1 aliphatic heterocycles. The van der Waals surface area contributed by atoms with E-state index in [1.54, 1.807) is 24.4 Å². The number of hydrogen-bond donors (Lipinski definition) is 1. The first-order chi connectivity index (χ1) is 10.7. The van der Waals surface area contributed by atoms with Gasteiger partial charge >= 0.3 is 6.03 Å². The van der Waals surface area contributed by atoms with E-state index in [0.29, 0.717) is 12.2 Å². The molecular formula is C16H20N4O2. The number of pyridine rings is 1. The third-order valence-corrected chi connectivity index (χ3v) is 3.75. The maximum Gasteiger partial charge on any atom is 0.322 e. The van der Waals surface area contributed by atoms with Crippen LogP contribution in [0.3, 0.4) is 0 Å². The van der Waals surface area contributed by atoms with Crippen molar-refractivity contribution in [1.29, 1.82) is 0 Å². The summed E-state index contributed by atoms with van der Waals surface area (Å²) < 4.78 is 5.24. The lowest BCUT2D eigenvalue weighted by Crippen LogP contribution is -2.30. The Labute approximate surface area is 129 Å². The summed E-state index contributed by atoms with van der Waals surface area (Å²) in [5, 5.41) is 2.84. The zero-order valence-electron chi connectivity index (χ0n) is 12.7. The minimum absolute atomic E-state index is 0.188. The summed E-state index contributed by atoms with van der Waals surface area (Å²) in [6.07, 6.45) is 5.74. The summed E-state index contributed by atoms with van der Waals surface area (Å²) in [6, 6.07) is 7.30. The molecule has 2 aromatic rings. The molecule has 0 saturated carbocycles. The Bertz CT molecular complexity index is 604. The lowest BCUT2D eigenvalue weighted by molar-refractivity contribution is 0.217. The van der Waals surface area contributed by atoms with Crippen molar-refractivity contribution in [1.82, 2.24) is 9.88 Å². The molecule has 22 heavy (non-hydrogen) atoms. The maximum absolute atomic E-state index is 12.1. The summed E-state index contributed by atoms with van der Waals surface area (Å²) in [4.78, 5) is 20.4. The average molecular weight is 300 g/mol. The number of anilines is 2. The quantitative estimate of drug-likeness (QED) is 0.943. The van der Waals surface area contributed by atoms with E-state index < -0.39 is 0 Å². The first kappa shape index (κ1) is 14.4.